The average molecular weight is 231 g/mol. The zero-order valence-corrected chi connectivity index (χ0v) is 9.58. The molecule has 0 aliphatic rings. The predicted molar refractivity (Wildman–Crippen MR) is 59.2 cm³/mol. The molecule has 0 heterocycles. The summed E-state index contributed by atoms with van der Waals surface area (Å²) < 4.78 is 5.38. The highest BCUT2D eigenvalue weighted by atomic mass is 35.5. The smallest absolute Gasteiger partial charge is 0.143 e. The first kappa shape index (κ1) is 12.3. The summed E-state index contributed by atoms with van der Waals surface area (Å²) in [5.74, 6) is 0.434. The molecule has 2 N–H and O–H groups in total. The summed E-state index contributed by atoms with van der Waals surface area (Å²) in [5.41, 5.74) is -0.307. The predicted octanol–water partition coefficient (Wildman–Crippen LogP) is 1.98. The maximum Gasteiger partial charge on any atom is 0.143 e. The topological polar surface area (TPSA) is 49.7 Å². The number of aliphatic hydroxyl groups excluding tert-OH is 1. The molecule has 0 aliphatic heterocycles. The maximum atomic E-state index is 9.50. The number of hydrogen-bond acceptors (Lipinski definition) is 3. The van der Waals surface area contributed by atoms with E-state index in [4.69, 9.17) is 21.4 Å². The largest absolute Gasteiger partial charge is 0.489 e. The highest BCUT2D eigenvalue weighted by Gasteiger charge is 2.16. The molecule has 1 rings (SSSR count). The molecule has 15 heavy (non-hydrogen) atoms. The van der Waals surface area contributed by atoms with Gasteiger partial charge < -0.3 is 14.9 Å². The van der Waals surface area contributed by atoms with Crippen molar-refractivity contribution < 1.29 is 14.9 Å². The third-order valence-electron chi connectivity index (χ3n) is 1.79. The molecule has 0 radical (unpaired) electrons. The zero-order chi connectivity index (χ0) is 11.5. The van der Waals surface area contributed by atoms with Crippen molar-refractivity contribution in [1.82, 2.24) is 0 Å². The fraction of sp³-hybridized carbons (Fsp3) is 0.455. The molecule has 84 valence electrons. The van der Waals surface area contributed by atoms with Gasteiger partial charge in [0, 0.05) is 5.56 Å². The second kappa shape index (κ2) is 4.84. The Labute approximate surface area is 94.3 Å². The van der Waals surface area contributed by atoms with Crippen LogP contribution in [0.15, 0.2) is 18.2 Å². The van der Waals surface area contributed by atoms with Gasteiger partial charge in [-0.25, -0.2) is 0 Å². The lowest BCUT2D eigenvalue weighted by atomic mass is 10.1. The van der Waals surface area contributed by atoms with Crippen LogP contribution in [0, 0.1) is 0 Å². The molecule has 0 spiro atoms. The van der Waals surface area contributed by atoms with Gasteiger partial charge in [-0.3, -0.25) is 0 Å². The van der Waals surface area contributed by atoms with Crippen LogP contribution in [0.2, 0.25) is 5.02 Å². The van der Waals surface area contributed by atoms with Crippen molar-refractivity contribution in [3.63, 3.8) is 0 Å². The minimum Gasteiger partial charge on any atom is -0.489 e. The Bertz CT molecular complexity index is 331. The van der Waals surface area contributed by atoms with Gasteiger partial charge in [-0.05, 0) is 19.9 Å². The Morgan fingerprint density at radius 3 is 2.60 bits per heavy atom. The van der Waals surface area contributed by atoms with Gasteiger partial charge in [-0.1, -0.05) is 23.7 Å². The van der Waals surface area contributed by atoms with Crippen LogP contribution in [0.1, 0.15) is 19.4 Å². The summed E-state index contributed by atoms with van der Waals surface area (Å²) in [6.45, 7) is 3.27. The number of para-hydroxylation sites is 1. The van der Waals surface area contributed by atoms with Crippen LogP contribution >= 0.6 is 11.6 Å². The van der Waals surface area contributed by atoms with Gasteiger partial charge in [0.15, 0.2) is 0 Å². The standard InChI is InChI=1S/C11H15ClO3/c1-11(2,14)7-15-10-8(6-13)4-3-5-9(10)12/h3-5,13-14H,6-7H2,1-2H3. The summed E-state index contributed by atoms with van der Waals surface area (Å²) in [5, 5.41) is 19.0. The van der Waals surface area contributed by atoms with Crippen LogP contribution in [0.5, 0.6) is 5.75 Å². The van der Waals surface area contributed by atoms with Gasteiger partial charge in [0.1, 0.15) is 12.4 Å². The molecule has 0 aromatic heterocycles. The molecule has 3 nitrogen and oxygen atoms in total. The number of halogens is 1. The van der Waals surface area contributed by atoms with Gasteiger partial charge in [0.25, 0.3) is 0 Å². The fourth-order valence-corrected chi connectivity index (χ4v) is 1.34. The van der Waals surface area contributed by atoms with E-state index in [1.54, 1.807) is 32.0 Å². The van der Waals surface area contributed by atoms with Crippen molar-refractivity contribution in [3.05, 3.63) is 28.8 Å². The molecular formula is C11H15ClO3. The summed E-state index contributed by atoms with van der Waals surface area (Å²) in [6.07, 6.45) is 0. The van der Waals surface area contributed by atoms with E-state index in [0.29, 0.717) is 16.3 Å². The molecule has 4 heteroatoms. The lowest BCUT2D eigenvalue weighted by Gasteiger charge is -2.19. The molecule has 0 bridgehead atoms. The second-order valence-corrected chi connectivity index (χ2v) is 4.39. The van der Waals surface area contributed by atoms with Crippen molar-refractivity contribution in [2.45, 2.75) is 26.1 Å². The third kappa shape index (κ3) is 3.70. The molecule has 0 fully saturated rings. The molecule has 0 atom stereocenters. The quantitative estimate of drug-likeness (QED) is 0.832. The van der Waals surface area contributed by atoms with E-state index in [0.717, 1.165) is 0 Å². The van der Waals surface area contributed by atoms with Crippen molar-refractivity contribution in [2.75, 3.05) is 6.61 Å². The highest BCUT2D eigenvalue weighted by molar-refractivity contribution is 6.32. The number of ether oxygens (including phenoxy) is 1. The van der Waals surface area contributed by atoms with Gasteiger partial charge in [0.2, 0.25) is 0 Å². The average Bonchev–Trinajstić information content (AvgIpc) is 2.14. The van der Waals surface area contributed by atoms with Gasteiger partial charge in [0.05, 0.1) is 17.2 Å². The van der Waals surface area contributed by atoms with E-state index in [1.165, 1.54) is 0 Å². The van der Waals surface area contributed by atoms with Crippen molar-refractivity contribution in [2.24, 2.45) is 0 Å². The van der Waals surface area contributed by atoms with Crippen LogP contribution in [-0.2, 0) is 6.61 Å². The van der Waals surface area contributed by atoms with E-state index in [2.05, 4.69) is 0 Å². The molecule has 1 aromatic rings. The van der Waals surface area contributed by atoms with E-state index in [-0.39, 0.29) is 13.2 Å². The molecule has 0 saturated carbocycles. The first-order valence-corrected chi connectivity index (χ1v) is 5.05. The molecule has 1 aromatic carbocycles. The van der Waals surface area contributed by atoms with E-state index < -0.39 is 5.60 Å². The molecule has 0 unspecified atom stereocenters. The van der Waals surface area contributed by atoms with Crippen LogP contribution in [0.3, 0.4) is 0 Å². The molecule has 0 amide bonds. The lowest BCUT2D eigenvalue weighted by Crippen LogP contribution is -2.28. The Morgan fingerprint density at radius 2 is 2.07 bits per heavy atom. The summed E-state index contributed by atoms with van der Waals surface area (Å²) >= 11 is 5.92. The molecular weight excluding hydrogens is 216 g/mol. The van der Waals surface area contributed by atoms with E-state index in [1.807, 2.05) is 0 Å². The number of rotatable bonds is 4. The number of hydrogen-bond donors (Lipinski definition) is 2. The molecule has 0 saturated heterocycles. The fourth-order valence-electron chi connectivity index (χ4n) is 1.09. The highest BCUT2D eigenvalue weighted by Crippen LogP contribution is 2.29. The number of benzene rings is 1. The van der Waals surface area contributed by atoms with Gasteiger partial charge in [-0.15, -0.1) is 0 Å². The van der Waals surface area contributed by atoms with Gasteiger partial charge in [-0.2, -0.15) is 0 Å². The Hall–Kier alpha value is -0.770. The maximum absolute atomic E-state index is 9.50. The lowest BCUT2D eigenvalue weighted by molar-refractivity contribution is 0.0278. The first-order valence-electron chi connectivity index (χ1n) is 4.67. The first-order chi connectivity index (χ1) is 6.94. The van der Waals surface area contributed by atoms with Crippen molar-refractivity contribution in [1.29, 1.82) is 0 Å². The Kier molecular flexibility index (Phi) is 3.97. The monoisotopic (exact) mass is 230 g/mol. The van der Waals surface area contributed by atoms with E-state index in [9.17, 15) is 5.11 Å². The Morgan fingerprint density at radius 1 is 1.40 bits per heavy atom. The van der Waals surface area contributed by atoms with Crippen LogP contribution in [0.4, 0.5) is 0 Å². The van der Waals surface area contributed by atoms with Crippen LogP contribution < -0.4 is 4.74 Å². The summed E-state index contributed by atoms with van der Waals surface area (Å²) in [7, 11) is 0. The van der Waals surface area contributed by atoms with Crippen LogP contribution in [0.25, 0.3) is 0 Å². The Balaban J connectivity index is 2.83. The molecule has 0 aliphatic carbocycles. The van der Waals surface area contributed by atoms with E-state index >= 15 is 0 Å². The normalized spacial score (nSPS) is 11.5. The zero-order valence-electron chi connectivity index (χ0n) is 8.83. The second-order valence-electron chi connectivity index (χ2n) is 3.99. The minimum absolute atomic E-state index is 0.129. The number of aliphatic hydroxyl groups is 2. The van der Waals surface area contributed by atoms with Crippen molar-refractivity contribution >= 4 is 11.6 Å². The summed E-state index contributed by atoms with van der Waals surface area (Å²) in [4.78, 5) is 0. The minimum atomic E-state index is -0.925. The third-order valence-corrected chi connectivity index (χ3v) is 2.09. The van der Waals surface area contributed by atoms with Crippen LogP contribution in [-0.4, -0.2) is 22.4 Å². The van der Waals surface area contributed by atoms with Crippen molar-refractivity contribution in [3.8, 4) is 5.75 Å². The SMILES string of the molecule is CC(C)(O)COc1c(Cl)cccc1CO. The van der Waals surface area contributed by atoms with Gasteiger partial charge >= 0.3 is 0 Å². The summed E-state index contributed by atoms with van der Waals surface area (Å²) in [6, 6.07) is 5.15.